The zero-order valence-electron chi connectivity index (χ0n) is 17.8. The first-order valence-corrected chi connectivity index (χ1v) is 11.0. The molecule has 0 radical (unpaired) electrons. The molecule has 0 saturated heterocycles. The Hall–Kier alpha value is -3.23. The van der Waals surface area contributed by atoms with E-state index in [4.69, 9.17) is 14.2 Å². The topological polar surface area (TPSA) is 117 Å². The van der Waals surface area contributed by atoms with Gasteiger partial charge in [-0.2, -0.15) is 0 Å². The van der Waals surface area contributed by atoms with Gasteiger partial charge in [0.1, 0.15) is 12.0 Å². The van der Waals surface area contributed by atoms with Crippen LogP contribution < -0.4 is 9.47 Å². The van der Waals surface area contributed by atoms with E-state index in [2.05, 4.69) is 4.99 Å². The van der Waals surface area contributed by atoms with Crippen molar-refractivity contribution in [2.45, 2.75) is 63.9 Å². The van der Waals surface area contributed by atoms with E-state index in [1.165, 1.54) is 12.1 Å². The van der Waals surface area contributed by atoms with Crippen LogP contribution in [0.25, 0.3) is 0 Å². The second kappa shape index (κ2) is 8.03. The van der Waals surface area contributed by atoms with Gasteiger partial charge in [0.25, 0.3) is 5.69 Å². The first-order valence-electron chi connectivity index (χ1n) is 11.0. The van der Waals surface area contributed by atoms with E-state index in [1.54, 1.807) is 6.92 Å². The predicted octanol–water partition coefficient (Wildman–Crippen LogP) is 3.99. The second-order valence-corrected chi connectivity index (χ2v) is 8.71. The SMILES string of the molecule is CC1=NC2=C(C(=O)CCC2)[C@H](c2cc3c(cc2[N+](=O)[O-])OCO3)C1C(=O)OC1CCCC1. The average molecular weight is 440 g/mol. The molecule has 2 aliphatic heterocycles. The van der Waals surface area contributed by atoms with Crippen LogP contribution in [0.4, 0.5) is 5.69 Å². The summed E-state index contributed by atoms with van der Waals surface area (Å²) in [5, 5.41) is 12.0. The van der Waals surface area contributed by atoms with Gasteiger partial charge in [-0.25, -0.2) is 0 Å². The molecule has 2 atom stereocenters. The Kier molecular flexibility index (Phi) is 5.19. The largest absolute Gasteiger partial charge is 0.462 e. The fourth-order valence-corrected chi connectivity index (χ4v) is 5.25. The minimum Gasteiger partial charge on any atom is -0.462 e. The van der Waals surface area contributed by atoms with Crippen molar-refractivity contribution < 1.29 is 28.7 Å². The number of hydrogen-bond acceptors (Lipinski definition) is 8. The van der Waals surface area contributed by atoms with Crippen molar-refractivity contribution in [1.29, 1.82) is 0 Å². The van der Waals surface area contributed by atoms with Crippen LogP contribution in [0.5, 0.6) is 11.5 Å². The first kappa shape index (κ1) is 20.7. The van der Waals surface area contributed by atoms with Crippen molar-refractivity contribution in [2.75, 3.05) is 6.79 Å². The highest BCUT2D eigenvalue weighted by Crippen LogP contribution is 2.49. The number of hydrogen-bond donors (Lipinski definition) is 0. The molecule has 0 bridgehead atoms. The molecule has 1 aromatic rings. The van der Waals surface area contributed by atoms with Gasteiger partial charge in [-0.1, -0.05) is 0 Å². The van der Waals surface area contributed by atoms with Crippen LogP contribution in [-0.4, -0.2) is 35.3 Å². The maximum atomic E-state index is 13.4. The maximum absolute atomic E-state index is 13.4. The van der Waals surface area contributed by atoms with E-state index in [0.29, 0.717) is 42.0 Å². The smallest absolute Gasteiger partial charge is 0.315 e. The van der Waals surface area contributed by atoms with Crippen molar-refractivity contribution in [1.82, 2.24) is 0 Å². The summed E-state index contributed by atoms with van der Waals surface area (Å²) in [6.45, 7) is 1.69. The molecule has 0 aromatic heterocycles. The normalized spacial score (nSPS) is 24.9. The van der Waals surface area contributed by atoms with Gasteiger partial charge in [0.05, 0.1) is 11.0 Å². The van der Waals surface area contributed by atoms with E-state index in [1.807, 2.05) is 0 Å². The number of allylic oxidation sites excluding steroid dienone is 2. The Morgan fingerprint density at radius 1 is 1.16 bits per heavy atom. The van der Waals surface area contributed by atoms with Crippen LogP contribution in [0.15, 0.2) is 28.4 Å². The summed E-state index contributed by atoms with van der Waals surface area (Å²) in [7, 11) is 0. The summed E-state index contributed by atoms with van der Waals surface area (Å²) in [5.74, 6) is -1.73. The Balaban J connectivity index is 1.65. The number of esters is 1. The Morgan fingerprint density at radius 3 is 2.59 bits per heavy atom. The maximum Gasteiger partial charge on any atom is 0.315 e. The van der Waals surface area contributed by atoms with Gasteiger partial charge in [-0.05, 0) is 51.5 Å². The van der Waals surface area contributed by atoms with E-state index in [9.17, 15) is 19.7 Å². The molecule has 4 aliphatic rings. The number of benzene rings is 1. The lowest BCUT2D eigenvalue weighted by molar-refractivity contribution is -0.385. The third-order valence-corrected chi connectivity index (χ3v) is 6.73. The van der Waals surface area contributed by atoms with Gasteiger partial charge in [-0.3, -0.25) is 24.7 Å². The summed E-state index contributed by atoms with van der Waals surface area (Å²) < 4.78 is 16.6. The second-order valence-electron chi connectivity index (χ2n) is 8.71. The number of Topliss-reactive ketones (excluding diaryl/α,β-unsaturated/α-hetero) is 1. The molecule has 168 valence electrons. The van der Waals surface area contributed by atoms with E-state index in [0.717, 1.165) is 25.7 Å². The molecule has 32 heavy (non-hydrogen) atoms. The van der Waals surface area contributed by atoms with Gasteiger partial charge in [-0.15, -0.1) is 0 Å². The lowest BCUT2D eigenvalue weighted by atomic mass is 9.71. The number of aliphatic imine (C=N–C) groups is 1. The van der Waals surface area contributed by atoms with E-state index in [-0.39, 0.29) is 35.7 Å². The summed E-state index contributed by atoms with van der Waals surface area (Å²) in [4.78, 5) is 42.5. The van der Waals surface area contributed by atoms with Crippen LogP contribution >= 0.6 is 0 Å². The number of nitro benzene ring substituents is 1. The van der Waals surface area contributed by atoms with E-state index >= 15 is 0 Å². The zero-order valence-corrected chi connectivity index (χ0v) is 17.8. The molecule has 9 heteroatoms. The molecule has 0 amide bonds. The third kappa shape index (κ3) is 3.45. The summed E-state index contributed by atoms with van der Waals surface area (Å²) in [6.07, 6.45) is 5.03. The van der Waals surface area contributed by atoms with Crippen LogP contribution in [0.3, 0.4) is 0 Å². The van der Waals surface area contributed by atoms with Gasteiger partial charge in [0.15, 0.2) is 17.3 Å². The molecule has 1 saturated carbocycles. The van der Waals surface area contributed by atoms with Gasteiger partial charge in [0.2, 0.25) is 6.79 Å². The highest BCUT2D eigenvalue weighted by Gasteiger charge is 2.46. The highest BCUT2D eigenvalue weighted by molar-refractivity contribution is 6.09. The van der Waals surface area contributed by atoms with Crippen molar-refractivity contribution in [2.24, 2.45) is 10.9 Å². The lowest BCUT2D eigenvalue weighted by Crippen LogP contribution is -2.38. The molecule has 9 nitrogen and oxygen atoms in total. The number of rotatable bonds is 4. The molecule has 0 N–H and O–H groups in total. The predicted molar refractivity (Wildman–Crippen MR) is 113 cm³/mol. The van der Waals surface area contributed by atoms with E-state index < -0.39 is 22.7 Å². The van der Waals surface area contributed by atoms with Gasteiger partial charge in [0, 0.05) is 34.9 Å². The molecule has 2 aliphatic carbocycles. The molecule has 5 rings (SSSR count). The lowest BCUT2D eigenvalue weighted by Gasteiger charge is -2.34. The first-order chi connectivity index (χ1) is 15.4. The van der Waals surface area contributed by atoms with Crippen molar-refractivity contribution in [3.05, 3.63) is 39.1 Å². The number of ketones is 1. The zero-order chi connectivity index (χ0) is 22.4. The molecule has 1 unspecified atom stereocenters. The fourth-order valence-electron chi connectivity index (χ4n) is 5.25. The molecule has 2 heterocycles. The number of carbonyl (C=O) groups is 2. The monoisotopic (exact) mass is 440 g/mol. The van der Waals surface area contributed by atoms with Gasteiger partial charge < -0.3 is 14.2 Å². The standard InChI is InChI=1S/C23H24N2O7/c1-12-20(23(27)32-13-5-2-3-6-13)21(22-15(24-12)7-4-8-17(22)26)14-9-18-19(31-11-30-18)10-16(14)25(28)29/h9-10,13,20-21H,2-8,11H2,1H3/t20?,21-/m1/s1. The van der Waals surface area contributed by atoms with Crippen LogP contribution in [0.2, 0.25) is 0 Å². The molecular weight excluding hydrogens is 416 g/mol. The van der Waals surface area contributed by atoms with Crippen molar-refractivity contribution >= 4 is 23.2 Å². The van der Waals surface area contributed by atoms with Crippen LogP contribution in [0.1, 0.15) is 63.4 Å². The van der Waals surface area contributed by atoms with Gasteiger partial charge >= 0.3 is 5.97 Å². The summed E-state index contributed by atoms with van der Waals surface area (Å²) in [6, 6.07) is 2.84. The molecule has 1 fully saturated rings. The molecule has 0 spiro atoms. The minimum atomic E-state index is -0.907. The number of nitro groups is 1. The number of nitrogens with zero attached hydrogens (tertiary/aromatic N) is 2. The Bertz CT molecular complexity index is 1070. The van der Waals surface area contributed by atoms with Crippen LogP contribution in [0, 0.1) is 16.0 Å². The number of carbonyl (C=O) groups excluding carboxylic acids is 2. The number of fused-ring (bicyclic) bond motifs is 1. The Morgan fingerprint density at radius 2 is 1.88 bits per heavy atom. The highest BCUT2D eigenvalue weighted by atomic mass is 16.7. The average Bonchev–Trinajstić information content (AvgIpc) is 3.43. The quantitative estimate of drug-likeness (QED) is 0.395. The van der Waals surface area contributed by atoms with Crippen molar-refractivity contribution in [3.63, 3.8) is 0 Å². The minimum absolute atomic E-state index is 0.0406. The van der Waals surface area contributed by atoms with Crippen molar-refractivity contribution in [3.8, 4) is 11.5 Å². The fraction of sp³-hybridized carbons (Fsp3) is 0.522. The molecule has 1 aromatic carbocycles. The third-order valence-electron chi connectivity index (χ3n) is 6.73. The molecular formula is C23H24N2O7. The van der Waals surface area contributed by atoms with Crippen LogP contribution in [-0.2, 0) is 14.3 Å². The number of ether oxygens (including phenoxy) is 3. The summed E-state index contributed by atoms with van der Waals surface area (Å²) in [5.41, 5.74) is 1.55. The summed E-state index contributed by atoms with van der Waals surface area (Å²) >= 11 is 0. The Labute approximate surface area is 184 Å².